The van der Waals surface area contributed by atoms with Crippen LogP contribution in [0.25, 0.3) is 0 Å². The Labute approximate surface area is 191 Å². The standard InChI is InChI=1S/C23H23N3O6S/c1-2-31-15-14-25-23(28)21-16-17(12-13-24-21)22(27)26-33(29,30)20-10-8-19(9-11-20)32-18-6-4-3-5-7-18/h3-13,16H,2,14-15H2,1H3,(H,25,28)(H,26,27). The van der Waals surface area contributed by atoms with Crippen LogP contribution in [-0.4, -0.2) is 45.0 Å². The number of carbonyl (C=O) groups excluding carboxylic acids is 2. The van der Waals surface area contributed by atoms with Crippen LogP contribution < -0.4 is 14.8 Å². The largest absolute Gasteiger partial charge is 0.457 e. The molecule has 0 aliphatic heterocycles. The number of nitrogens with one attached hydrogen (secondary N) is 2. The summed E-state index contributed by atoms with van der Waals surface area (Å²) in [5.41, 5.74) is -0.0356. The van der Waals surface area contributed by atoms with Crippen LogP contribution >= 0.6 is 0 Å². The molecule has 0 unspecified atom stereocenters. The summed E-state index contributed by atoms with van der Waals surface area (Å²) in [4.78, 5) is 28.5. The number of carbonyl (C=O) groups is 2. The molecule has 0 bridgehead atoms. The second kappa shape index (κ2) is 11.2. The highest BCUT2D eigenvalue weighted by Gasteiger charge is 2.20. The van der Waals surface area contributed by atoms with Gasteiger partial charge < -0.3 is 14.8 Å². The van der Waals surface area contributed by atoms with Crippen molar-refractivity contribution in [1.29, 1.82) is 0 Å². The van der Waals surface area contributed by atoms with Gasteiger partial charge in [-0.3, -0.25) is 14.6 Å². The molecule has 2 N–H and O–H groups in total. The first-order valence-electron chi connectivity index (χ1n) is 10.1. The Hall–Kier alpha value is -3.76. The summed E-state index contributed by atoms with van der Waals surface area (Å²) in [7, 11) is -4.14. The maximum absolute atomic E-state index is 12.6. The zero-order chi connectivity index (χ0) is 23.7. The maximum atomic E-state index is 12.6. The predicted molar refractivity (Wildman–Crippen MR) is 121 cm³/mol. The van der Waals surface area contributed by atoms with Gasteiger partial charge >= 0.3 is 0 Å². The molecule has 9 nitrogen and oxygen atoms in total. The number of nitrogens with zero attached hydrogens (tertiary/aromatic N) is 1. The van der Waals surface area contributed by atoms with Gasteiger partial charge in [0.05, 0.1) is 11.5 Å². The zero-order valence-corrected chi connectivity index (χ0v) is 18.7. The summed E-state index contributed by atoms with van der Waals surface area (Å²) in [5, 5.41) is 2.61. The van der Waals surface area contributed by atoms with Crippen LogP contribution in [-0.2, 0) is 14.8 Å². The molecule has 3 rings (SSSR count). The Morgan fingerprint density at radius 2 is 1.64 bits per heavy atom. The molecule has 0 atom stereocenters. The fraction of sp³-hybridized carbons (Fsp3) is 0.174. The molecule has 0 saturated heterocycles. The first-order chi connectivity index (χ1) is 15.9. The quantitative estimate of drug-likeness (QED) is 0.438. The van der Waals surface area contributed by atoms with Gasteiger partial charge in [0.2, 0.25) is 0 Å². The van der Waals surface area contributed by atoms with Gasteiger partial charge in [-0.05, 0) is 55.5 Å². The van der Waals surface area contributed by atoms with Gasteiger partial charge in [-0.2, -0.15) is 0 Å². The monoisotopic (exact) mass is 469 g/mol. The van der Waals surface area contributed by atoms with E-state index >= 15 is 0 Å². The predicted octanol–water partition coefficient (Wildman–Crippen LogP) is 2.76. The molecule has 2 amide bonds. The molecule has 2 aromatic carbocycles. The van der Waals surface area contributed by atoms with Gasteiger partial charge in [0, 0.05) is 24.9 Å². The molecule has 172 valence electrons. The third-order valence-electron chi connectivity index (χ3n) is 4.33. The molecule has 10 heteroatoms. The van der Waals surface area contributed by atoms with Crippen molar-refractivity contribution in [2.24, 2.45) is 0 Å². The number of hydrogen-bond donors (Lipinski definition) is 2. The highest BCUT2D eigenvalue weighted by molar-refractivity contribution is 7.90. The Balaban J connectivity index is 1.65. The average Bonchev–Trinajstić information content (AvgIpc) is 2.82. The van der Waals surface area contributed by atoms with E-state index in [-0.39, 0.29) is 22.7 Å². The van der Waals surface area contributed by atoms with Crippen molar-refractivity contribution in [1.82, 2.24) is 15.0 Å². The maximum Gasteiger partial charge on any atom is 0.269 e. The minimum atomic E-state index is -4.14. The normalized spacial score (nSPS) is 10.9. The number of hydrogen-bond acceptors (Lipinski definition) is 7. The first-order valence-corrected chi connectivity index (χ1v) is 11.6. The molecule has 3 aromatic rings. The van der Waals surface area contributed by atoms with E-state index in [0.29, 0.717) is 24.7 Å². The Morgan fingerprint density at radius 3 is 2.33 bits per heavy atom. The Bertz CT molecular complexity index is 1200. The van der Waals surface area contributed by atoms with Gasteiger partial charge in [0.1, 0.15) is 17.2 Å². The van der Waals surface area contributed by atoms with E-state index < -0.39 is 21.8 Å². The van der Waals surface area contributed by atoms with Gasteiger partial charge in [-0.1, -0.05) is 18.2 Å². The van der Waals surface area contributed by atoms with Crippen molar-refractivity contribution in [3.63, 3.8) is 0 Å². The Morgan fingerprint density at radius 1 is 0.939 bits per heavy atom. The van der Waals surface area contributed by atoms with E-state index in [1.807, 2.05) is 29.8 Å². The lowest BCUT2D eigenvalue weighted by atomic mass is 10.2. The summed E-state index contributed by atoms with van der Waals surface area (Å²) in [6.07, 6.45) is 1.26. The fourth-order valence-electron chi connectivity index (χ4n) is 2.72. The van der Waals surface area contributed by atoms with Gasteiger partial charge in [-0.15, -0.1) is 0 Å². The van der Waals surface area contributed by atoms with Crippen molar-refractivity contribution in [2.45, 2.75) is 11.8 Å². The zero-order valence-electron chi connectivity index (χ0n) is 17.9. The van der Waals surface area contributed by atoms with Gasteiger partial charge in [-0.25, -0.2) is 13.1 Å². The molecular weight excluding hydrogens is 446 g/mol. The van der Waals surface area contributed by atoms with Crippen LogP contribution in [0.2, 0.25) is 0 Å². The highest BCUT2D eigenvalue weighted by atomic mass is 32.2. The Kier molecular flexibility index (Phi) is 8.11. The van der Waals surface area contributed by atoms with Crippen molar-refractivity contribution in [2.75, 3.05) is 19.8 Å². The molecule has 0 fully saturated rings. The van der Waals surface area contributed by atoms with E-state index in [4.69, 9.17) is 9.47 Å². The fourth-order valence-corrected chi connectivity index (χ4v) is 3.69. The lowest BCUT2D eigenvalue weighted by Gasteiger charge is -2.10. The molecule has 1 aromatic heterocycles. The van der Waals surface area contributed by atoms with Gasteiger partial charge in [0.15, 0.2) is 0 Å². The van der Waals surface area contributed by atoms with Crippen LogP contribution in [0.15, 0.2) is 77.8 Å². The van der Waals surface area contributed by atoms with Crippen LogP contribution in [0.1, 0.15) is 27.8 Å². The van der Waals surface area contributed by atoms with Crippen LogP contribution in [0, 0.1) is 0 Å². The third-order valence-corrected chi connectivity index (χ3v) is 5.68. The summed E-state index contributed by atoms with van der Waals surface area (Å²) in [6.45, 7) is 2.99. The molecular formula is C23H23N3O6S. The van der Waals surface area contributed by atoms with Crippen molar-refractivity contribution in [3.8, 4) is 11.5 Å². The molecule has 0 aliphatic rings. The van der Waals surface area contributed by atoms with Crippen LogP contribution in [0.4, 0.5) is 0 Å². The van der Waals surface area contributed by atoms with Crippen LogP contribution in [0.3, 0.4) is 0 Å². The van der Waals surface area contributed by atoms with E-state index in [9.17, 15) is 18.0 Å². The van der Waals surface area contributed by atoms with E-state index in [1.165, 1.54) is 42.6 Å². The smallest absolute Gasteiger partial charge is 0.269 e. The average molecular weight is 470 g/mol. The summed E-state index contributed by atoms with van der Waals surface area (Å²) < 4.78 is 38.0. The molecule has 0 aliphatic carbocycles. The lowest BCUT2D eigenvalue weighted by Crippen LogP contribution is -2.31. The van der Waals surface area contributed by atoms with Crippen molar-refractivity contribution < 1.29 is 27.5 Å². The van der Waals surface area contributed by atoms with E-state index in [0.717, 1.165) is 0 Å². The molecule has 0 saturated carbocycles. The van der Waals surface area contributed by atoms with Crippen LogP contribution in [0.5, 0.6) is 11.5 Å². The summed E-state index contributed by atoms with van der Waals surface area (Å²) >= 11 is 0. The molecule has 0 spiro atoms. The third kappa shape index (κ3) is 6.86. The number of benzene rings is 2. The second-order valence-corrected chi connectivity index (χ2v) is 8.39. The highest BCUT2D eigenvalue weighted by Crippen LogP contribution is 2.22. The molecule has 0 radical (unpaired) electrons. The van der Waals surface area contributed by atoms with Crippen molar-refractivity contribution in [3.05, 3.63) is 84.2 Å². The number of ether oxygens (including phenoxy) is 2. The van der Waals surface area contributed by atoms with Gasteiger partial charge in [0.25, 0.3) is 21.8 Å². The lowest BCUT2D eigenvalue weighted by molar-refractivity contribution is 0.0917. The second-order valence-electron chi connectivity index (χ2n) is 6.70. The number of sulfonamides is 1. The topological polar surface area (TPSA) is 124 Å². The van der Waals surface area contributed by atoms with Crippen molar-refractivity contribution >= 4 is 21.8 Å². The van der Waals surface area contributed by atoms with E-state index in [2.05, 4.69) is 10.3 Å². The number of pyridine rings is 1. The number of rotatable bonds is 10. The molecule has 33 heavy (non-hydrogen) atoms. The molecule has 1 heterocycles. The van der Waals surface area contributed by atoms with E-state index in [1.54, 1.807) is 12.1 Å². The first kappa shape index (κ1) is 23.9. The number of para-hydroxylation sites is 1. The number of aromatic nitrogens is 1. The summed E-state index contributed by atoms with van der Waals surface area (Å²) in [6, 6.07) is 17.2. The minimum absolute atomic E-state index is 0.0149. The minimum Gasteiger partial charge on any atom is -0.457 e. The number of amides is 2. The SMILES string of the molecule is CCOCCNC(=O)c1cc(C(=O)NS(=O)(=O)c2ccc(Oc3ccccc3)cc2)ccn1. The summed E-state index contributed by atoms with van der Waals surface area (Å²) in [5.74, 6) is -0.330.